The number of hydrogen-bond donors (Lipinski definition) is 1. The van der Waals surface area contributed by atoms with Crippen molar-refractivity contribution in [2.75, 3.05) is 16.8 Å². The number of hydrogen-bond acceptors (Lipinski definition) is 3. The van der Waals surface area contributed by atoms with Crippen LogP contribution in [0.4, 0.5) is 11.4 Å². The van der Waals surface area contributed by atoms with Gasteiger partial charge in [0.25, 0.3) is 0 Å². The van der Waals surface area contributed by atoms with Crippen molar-refractivity contribution in [1.29, 1.82) is 0 Å². The summed E-state index contributed by atoms with van der Waals surface area (Å²) in [4.78, 5) is 26.6. The molecule has 29 heavy (non-hydrogen) atoms. The molecule has 4 rings (SSSR count). The SMILES string of the molecule is O=C(Nc1ccccc1)C1CC(=O)N(c2ccc(OCc3ccccc3)cc2)C1. The highest BCUT2D eigenvalue weighted by molar-refractivity contribution is 6.03. The van der Waals surface area contributed by atoms with Crippen LogP contribution in [0.25, 0.3) is 0 Å². The van der Waals surface area contributed by atoms with Crippen LogP contribution in [0.3, 0.4) is 0 Å². The van der Waals surface area contributed by atoms with E-state index < -0.39 is 0 Å². The molecule has 1 aliphatic rings. The van der Waals surface area contributed by atoms with E-state index >= 15 is 0 Å². The van der Waals surface area contributed by atoms with Gasteiger partial charge in [0.05, 0.1) is 5.92 Å². The molecule has 1 N–H and O–H groups in total. The van der Waals surface area contributed by atoms with Crippen molar-refractivity contribution in [3.05, 3.63) is 90.5 Å². The van der Waals surface area contributed by atoms with E-state index in [1.165, 1.54) is 0 Å². The van der Waals surface area contributed by atoms with Crippen molar-refractivity contribution in [1.82, 2.24) is 0 Å². The number of rotatable bonds is 6. The summed E-state index contributed by atoms with van der Waals surface area (Å²) >= 11 is 0. The van der Waals surface area contributed by atoms with Crippen molar-refractivity contribution < 1.29 is 14.3 Å². The monoisotopic (exact) mass is 386 g/mol. The van der Waals surface area contributed by atoms with Crippen LogP contribution in [0.2, 0.25) is 0 Å². The minimum Gasteiger partial charge on any atom is -0.489 e. The Balaban J connectivity index is 1.36. The van der Waals surface area contributed by atoms with Crippen LogP contribution in [-0.4, -0.2) is 18.4 Å². The van der Waals surface area contributed by atoms with E-state index in [9.17, 15) is 9.59 Å². The third-order valence-electron chi connectivity index (χ3n) is 4.93. The largest absolute Gasteiger partial charge is 0.489 e. The van der Waals surface area contributed by atoms with Crippen LogP contribution < -0.4 is 15.0 Å². The Morgan fingerprint density at radius 2 is 1.59 bits per heavy atom. The van der Waals surface area contributed by atoms with Crippen molar-refractivity contribution in [3.63, 3.8) is 0 Å². The Morgan fingerprint density at radius 3 is 2.28 bits per heavy atom. The lowest BCUT2D eigenvalue weighted by molar-refractivity contribution is -0.122. The summed E-state index contributed by atoms with van der Waals surface area (Å²) in [6.07, 6.45) is 0.213. The van der Waals surface area contributed by atoms with Gasteiger partial charge in [-0.3, -0.25) is 9.59 Å². The third kappa shape index (κ3) is 4.63. The number of nitrogens with zero attached hydrogens (tertiary/aromatic N) is 1. The van der Waals surface area contributed by atoms with E-state index in [0.717, 1.165) is 22.7 Å². The van der Waals surface area contributed by atoms with Gasteiger partial charge in [0.15, 0.2) is 0 Å². The first kappa shape index (κ1) is 18.7. The number of anilines is 2. The highest BCUT2D eigenvalue weighted by Gasteiger charge is 2.35. The molecule has 1 aliphatic heterocycles. The van der Waals surface area contributed by atoms with Gasteiger partial charge in [-0.05, 0) is 42.0 Å². The first-order valence-electron chi connectivity index (χ1n) is 9.62. The van der Waals surface area contributed by atoms with E-state index in [1.54, 1.807) is 4.90 Å². The second-order valence-corrected chi connectivity index (χ2v) is 7.03. The summed E-state index contributed by atoms with van der Waals surface area (Å²) in [5, 5.41) is 2.88. The smallest absolute Gasteiger partial charge is 0.229 e. The van der Waals surface area contributed by atoms with Gasteiger partial charge in [-0.25, -0.2) is 0 Å². The molecule has 5 heteroatoms. The number of carbonyl (C=O) groups excluding carboxylic acids is 2. The number of amides is 2. The molecule has 1 heterocycles. The van der Waals surface area contributed by atoms with Crippen molar-refractivity contribution in [2.45, 2.75) is 13.0 Å². The predicted molar refractivity (Wildman–Crippen MR) is 113 cm³/mol. The van der Waals surface area contributed by atoms with Crippen LogP contribution >= 0.6 is 0 Å². The van der Waals surface area contributed by atoms with Gasteiger partial charge in [-0.2, -0.15) is 0 Å². The molecule has 1 fully saturated rings. The van der Waals surface area contributed by atoms with E-state index in [4.69, 9.17) is 4.74 Å². The molecular weight excluding hydrogens is 364 g/mol. The van der Waals surface area contributed by atoms with Crippen LogP contribution in [0.5, 0.6) is 5.75 Å². The molecule has 0 aromatic heterocycles. The summed E-state index contributed by atoms with van der Waals surface area (Å²) in [7, 11) is 0. The fraction of sp³-hybridized carbons (Fsp3) is 0.167. The number of nitrogens with one attached hydrogen (secondary N) is 1. The lowest BCUT2D eigenvalue weighted by Gasteiger charge is -2.17. The standard InChI is InChI=1S/C24H22N2O3/c27-23-15-19(24(28)25-20-9-5-2-6-10-20)16-26(23)21-11-13-22(14-12-21)29-17-18-7-3-1-4-8-18/h1-14,19H,15-17H2,(H,25,28). The topological polar surface area (TPSA) is 58.6 Å². The molecule has 1 atom stereocenters. The van der Waals surface area contributed by atoms with Crippen LogP contribution in [-0.2, 0) is 16.2 Å². The number of benzene rings is 3. The Morgan fingerprint density at radius 1 is 0.931 bits per heavy atom. The maximum atomic E-state index is 12.5. The average Bonchev–Trinajstić information content (AvgIpc) is 3.16. The van der Waals surface area contributed by atoms with Gasteiger partial charge in [-0.1, -0.05) is 48.5 Å². The Labute approximate surface area is 169 Å². The quantitative estimate of drug-likeness (QED) is 0.689. The Hall–Kier alpha value is -3.60. The normalized spacial score (nSPS) is 15.9. The maximum absolute atomic E-state index is 12.5. The van der Waals surface area contributed by atoms with Gasteiger partial charge in [0.1, 0.15) is 12.4 Å². The van der Waals surface area contributed by atoms with Gasteiger partial charge in [-0.15, -0.1) is 0 Å². The first-order chi connectivity index (χ1) is 14.2. The second kappa shape index (κ2) is 8.61. The first-order valence-corrected chi connectivity index (χ1v) is 9.62. The van der Waals surface area contributed by atoms with Crippen molar-refractivity contribution in [3.8, 4) is 5.75 Å². The zero-order chi connectivity index (χ0) is 20.1. The fourth-order valence-electron chi connectivity index (χ4n) is 3.36. The highest BCUT2D eigenvalue weighted by Crippen LogP contribution is 2.28. The number of carbonyl (C=O) groups is 2. The maximum Gasteiger partial charge on any atom is 0.229 e. The van der Waals surface area contributed by atoms with Crippen molar-refractivity contribution in [2.24, 2.45) is 5.92 Å². The molecule has 0 radical (unpaired) electrons. The van der Waals surface area contributed by atoms with Gasteiger partial charge >= 0.3 is 0 Å². The van der Waals surface area contributed by atoms with Gasteiger partial charge < -0.3 is 15.0 Å². The summed E-state index contributed by atoms with van der Waals surface area (Å²) in [5.74, 6) is 0.199. The molecule has 1 saturated heterocycles. The zero-order valence-corrected chi connectivity index (χ0v) is 16.0. The number of para-hydroxylation sites is 1. The second-order valence-electron chi connectivity index (χ2n) is 7.03. The van der Waals surface area contributed by atoms with E-state index in [1.807, 2.05) is 84.9 Å². The molecule has 1 unspecified atom stereocenters. The van der Waals surface area contributed by atoms with Crippen LogP contribution in [0.1, 0.15) is 12.0 Å². The van der Waals surface area contributed by atoms with Gasteiger partial charge in [0, 0.05) is 24.3 Å². The van der Waals surface area contributed by atoms with E-state index in [2.05, 4.69) is 5.32 Å². The summed E-state index contributed by atoms with van der Waals surface area (Å²) in [6, 6.07) is 26.7. The zero-order valence-electron chi connectivity index (χ0n) is 16.0. The predicted octanol–water partition coefficient (Wildman–Crippen LogP) is 4.26. The Bertz CT molecular complexity index is 972. The molecular formula is C24H22N2O3. The highest BCUT2D eigenvalue weighted by atomic mass is 16.5. The van der Waals surface area contributed by atoms with E-state index in [0.29, 0.717) is 13.2 Å². The molecule has 3 aromatic rings. The van der Waals surface area contributed by atoms with E-state index in [-0.39, 0.29) is 24.2 Å². The molecule has 5 nitrogen and oxygen atoms in total. The lowest BCUT2D eigenvalue weighted by atomic mass is 10.1. The Kier molecular flexibility index (Phi) is 5.56. The van der Waals surface area contributed by atoms with Gasteiger partial charge in [0.2, 0.25) is 11.8 Å². The molecule has 0 bridgehead atoms. The molecule has 146 valence electrons. The van der Waals surface area contributed by atoms with Crippen LogP contribution in [0, 0.1) is 5.92 Å². The summed E-state index contributed by atoms with van der Waals surface area (Å²) in [6.45, 7) is 0.867. The summed E-state index contributed by atoms with van der Waals surface area (Å²) in [5.41, 5.74) is 2.61. The fourth-order valence-corrected chi connectivity index (χ4v) is 3.36. The third-order valence-corrected chi connectivity index (χ3v) is 4.93. The van der Waals surface area contributed by atoms with Crippen LogP contribution in [0.15, 0.2) is 84.9 Å². The van der Waals surface area contributed by atoms with Crippen molar-refractivity contribution >= 4 is 23.2 Å². The molecule has 0 saturated carbocycles. The minimum absolute atomic E-state index is 0.0452. The average molecular weight is 386 g/mol. The molecule has 2 amide bonds. The molecule has 3 aromatic carbocycles. The minimum atomic E-state index is -0.364. The number of ether oxygens (including phenoxy) is 1. The lowest BCUT2D eigenvalue weighted by Crippen LogP contribution is -2.28. The molecule has 0 aliphatic carbocycles. The molecule has 0 spiro atoms. The summed E-state index contributed by atoms with van der Waals surface area (Å²) < 4.78 is 5.79.